The molecule has 0 bridgehead atoms. The second-order valence-corrected chi connectivity index (χ2v) is 4.24. The lowest BCUT2D eigenvalue weighted by atomic mass is 10.2. The van der Waals surface area contributed by atoms with Crippen molar-refractivity contribution in [3.63, 3.8) is 0 Å². The summed E-state index contributed by atoms with van der Waals surface area (Å²) in [5.41, 5.74) is 6.54. The summed E-state index contributed by atoms with van der Waals surface area (Å²) in [6.45, 7) is 2.04. The van der Waals surface area contributed by atoms with Crippen LogP contribution in [0, 0.1) is 0 Å². The Morgan fingerprint density at radius 1 is 1.56 bits per heavy atom. The molecule has 0 heterocycles. The fourth-order valence-electron chi connectivity index (χ4n) is 1.04. The van der Waals surface area contributed by atoms with Gasteiger partial charge in [0.15, 0.2) is 0 Å². The van der Waals surface area contributed by atoms with Gasteiger partial charge in [-0.25, -0.2) is 4.79 Å². The topological polar surface area (TPSA) is 61.5 Å². The van der Waals surface area contributed by atoms with Crippen LogP contribution >= 0.6 is 15.9 Å². The van der Waals surface area contributed by atoms with Gasteiger partial charge in [0.05, 0.1) is 11.7 Å². The fraction of sp³-hybridized carbons (Fsp3) is 0.364. The third kappa shape index (κ3) is 3.50. The molecule has 1 aromatic rings. The van der Waals surface area contributed by atoms with Gasteiger partial charge in [0.2, 0.25) is 0 Å². The summed E-state index contributed by atoms with van der Waals surface area (Å²) >= 11 is 3.27. The first kappa shape index (κ1) is 13.0. The number of hydrogen-bond acceptors (Lipinski definition) is 4. The number of anilines is 1. The fourth-order valence-corrected chi connectivity index (χ4v) is 1.45. The molecule has 0 aliphatic rings. The minimum absolute atomic E-state index is 0.121. The second-order valence-electron chi connectivity index (χ2n) is 3.38. The zero-order chi connectivity index (χ0) is 12.1. The largest absolute Gasteiger partial charge is 0.459 e. The Morgan fingerprint density at radius 3 is 2.88 bits per heavy atom. The average molecular weight is 288 g/mol. The van der Waals surface area contributed by atoms with Crippen molar-refractivity contribution in [2.75, 3.05) is 19.5 Å². The van der Waals surface area contributed by atoms with Crippen molar-refractivity contribution < 1.29 is 14.3 Å². The van der Waals surface area contributed by atoms with Gasteiger partial charge in [0.25, 0.3) is 0 Å². The van der Waals surface area contributed by atoms with E-state index >= 15 is 0 Å². The van der Waals surface area contributed by atoms with Gasteiger partial charge in [0.1, 0.15) is 6.61 Å². The van der Waals surface area contributed by atoms with Gasteiger partial charge in [-0.1, -0.05) is 0 Å². The number of methoxy groups -OCH3 is 1. The van der Waals surface area contributed by atoms with Gasteiger partial charge >= 0.3 is 5.97 Å². The van der Waals surface area contributed by atoms with Crippen molar-refractivity contribution in [3.8, 4) is 0 Å². The van der Waals surface area contributed by atoms with E-state index in [4.69, 9.17) is 15.2 Å². The van der Waals surface area contributed by atoms with Crippen LogP contribution < -0.4 is 5.73 Å². The monoisotopic (exact) mass is 287 g/mol. The molecule has 1 rings (SSSR count). The molecule has 0 radical (unpaired) electrons. The van der Waals surface area contributed by atoms with E-state index in [1.807, 2.05) is 6.92 Å². The number of hydrogen-bond donors (Lipinski definition) is 1. The van der Waals surface area contributed by atoms with Crippen LogP contribution in [0.3, 0.4) is 0 Å². The molecule has 0 saturated carbocycles. The first-order valence-corrected chi connectivity index (χ1v) is 5.59. The van der Waals surface area contributed by atoms with Gasteiger partial charge in [0, 0.05) is 17.3 Å². The summed E-state index contributed by atoms with van der Waals surface area (Å²) in [7, 11) is 1.56. The van der Waals surface area contributed by atoms with Crippen molar-refractivity contribution in [3.05, 3.63) is 28.2 Å². The van der Waals surface area contributed by atoms with E-state index in [1.54, 1.807) is 25.3 Å². The quantitative estimate of drug-likeness (QED) is 0.681. The van der Waals surface area contributed by atoms with Crippen molar-refractivity contribution in [1.82, 2.24) is 0 Å². The third-order valence-corrected chi connectivity index (χ3v) is 2.75. The lowest BCUT2D eigenvalue weighted by Crippen LogP contribution is -2.18. The number of halogens is 1. The number of rotatable bonds is 4. The molecule has 0 saturated heterocycles. The van der Waals surface area contributed by atoms with Crippen LogP contribution in [-0.2, 0) is 9.47 Å². The average Bonchev–Trinajstić information content (AvgIpc) is 2.28. The maximum Gasteiger partial charge on any atom is 0.339 e. The highest BCUT2D eigenvalue weighted by Crippen LogP contribution is 2.20. The number of benzene rings is 1. The van der Waals surface area contributed by atoms with Crippen molar-refractivity contribution in [2.45, 2.75) is 13.0 Å². The maximum absolute atomic E-state index is 11.7. The van der Waals surface area contributed by atoms with Crippen LogP contribution in [0.2, 0.25) is 0 Å². The van der Waals surface area contributed by atoms with E-state index in [1.165, 1.54) is 0 Å². The zero-order valence-electron chi connectivity index (χ0n) is 9.20. The first-order chi connectivity index (χ1) is 7.54. The van der Waals surface area contributed by atoms with Gasteiger partial charge in [-0.05, 0) is 41.1 Å². The van der Waals surface area contributed by atoms with Crippen LogP contribution in [0.15, 0.2) is 22.7 Å². The minimum atomic E-state index is -0.414. The predicted octanol–water partition coefficient (Wildman–Crippen LogP) is 2.22. The Hall–Kier alpha value is -1.07. The SMILES string of the molecule is COC(C)COC(=O)c1cc(N)ccc1Br. The zero-order valence-corrected chi connectivity index (χ0v) is 10.8. The van der Waals surface area contributed by atoms with E-state index in [9.17, 15) is 4.79 Å². The van der Waals surface area contributed by atoms with Crippen LogP contribution in [0.5, 0.6) is 0 Å². The van der Waals surface area contributed by atoms with Crippen molar-refractivity contribution in [2.24, 2.45) is 0 Å². The predicted molar refractivity (Wildman–Crippen MR) is 65.3 cm³/mol. The van der Waals surface area contributed by atoms with Gasteiger partial charge < -0.3 is 15.2 Å². The summed E-state index contributed by atoms with van der Waals surface area (Å²) in [6.07, 6.45) is -0.121. The Bertz CT molecular complexity index is 381. The highest BCUT2D eigenvalue weighted by Gasteiger charge is 2.13. The summed E-state index contributed by atoms with van der Waals surface area (Å²) in [6, 6.07) is 4.99. The molecular weight excluding hydrogens is 274 g/mol. The van der Waals surface area contributed by atoms with Crippen molar-refractivity contribution >= 4 is 27.6 Å². The summed E-state index contributed by atoms with van der Waals surface area (Å²) in [4.78, 5) is 11.7. The molecule has 16 heavy (non-hydrogen) atoms. The number of esters is 1. The maximum atomic E-state index is 11.7. The minimum Gasteiger partial charge on any atom is -0.459 e. The molecule has 4 nitrogen and oxygen atoms in total. The molecule has 5 heteroatoms. The van der Waals surface area contributed by atoms with E-state index in [-0.39, 0.29) is 12.7 Å². The molecule has 1 atom stereocenters. The molecule has 0 amide bonds. The van der Waals surface area contributed by atoms with Crippen LogP contribution in [0.25, 0.3) is 0 Å². The lowest BCUT2D eigenvalue weighted by molar-refractivity contribution is 0.0168. The molecule has 2 N–H and O–H groups in total. The van der Waals surface area contributed by atoms with Crippen LogP contribution in [0.1, 0.15) is 17.3 Å². The molecular formula is C11H14BrNO3. The Balaban J connectivity index is 2.69. The number of nitrogens with two attached hydrogens (primary N) is 1. The third-order valence-electron chi connectivity index (χ3n) is 2.06. The smallest absolute Gasteiger partial charge is 0.339 e. The Morgan fingerprint density at radius 2 is 2.25 bits per heavy atom. The molecule has 1 unspecified atom stereocenters. The standard InChI is InChI=1S/C11H14BrNO3/c1-7(15-2)6-16-11(14)9-5-8(13)3-4-10(9)12/h3-5,7H,6,13H2,1-2H3. The normalized spacial score (nSPS) is 12.2. The van der Waals surface area contributed by atoms with E-state index < -0.39 is 5.97 Å². The van der Waals surface area contributed by atoms with Gasteiger partial charge in [-0.2, -0.15) is 0 Å². The number of nitrogen functional groups attached to an aromatic ring is 1. The summed E-state index contributed by atoms with van der Waals surface area (Å²) in [5.74, 6) is -0.414. The highest BCUT2D eigenvalue weighted by molar-refractivity contribution is 9.10. The molecule has 0 aliphatic heterocycles. The van der Waals surface area contributed by atoms with Crippen LogP contribution in [-0.4, -0.2) is 25.8 Å². The number of carbonyl (C=O) groups is 1. The van der Waals surface area contributed by atoms with E-state index in [0.717, 1.165) is 0 Å². The molecule has 88 valence electrons. The first-order valence-electron chi connectivity index (χ1n) is 4.79. The van der Waals surface area contributed by atoms with Gasteiger partial charge in [-0.15, -0.1) is 0 Å². The second kappa shape index (κ2) is 5.86. The highest BCUT2D eigenvalue weighted by atomic mass is 79.9. The Kier molecular flexibility index (Phi) is 4.76. The molecule has 1 aromatic carbocycles. The lowest BCUT2D eigenvalue weighted by Gasteiger charge is -2.11. The summed E-state index contributed by atoms with van der Waals surface area (Å²) in [5, 5.41) is 0. The Labute approximate surface area is 103 Å². The van der Waals surface area contributed by atoms with Crippen molar-refractivity contribution in [1.29, 1.82) is 0 Å². The number of ether oxygens (including phenoxy) is 2. The van der Waals surface area contributed by atoms with Gasteiger partial charge in [-0.3, -0.25) is 0 Å². The van der Waals surface area contributed by atoms with E-state index in [0.29, 0.717) is 15.7 Å². The molecule has 0 aromatic heterocycles. The molecule has 0 fully saturated rings. The molecule has 0 spiro atoms. The van der Waals surface area contributed by atoms with Crippen LogP contribution in [0.4, 0.5) is 5.69 Å². The molecule has 0 aliphatic carbocycles. The van der Waals surface area contributed by atoms with E-state index in [2.05, 4.69) is 15.9 Å². The number of carbonyl (C=O) groups excluding carboxylic acids is 1. The summed E-state index contributed by atoms with van der Waals surface area (Å²) < 4.78 is 10.7.